The van der Waals surface area contributed by atoms with Gasteiger partial charge in [-0.25, -0.2) is 0 Å². The molecule has 0 saturated heterocycles. The van der Waals surface area contributed by atoms with Crippen molar-refractivity contribution in [3.05, 3.63) is 64.9 Å². The molecule has 0 atom stereocenters. The summed E-state index contributed by atoms with van der Waals surface area (Å²) >= 11 is 0. The number of hydrogen-bond acceptors (Lipinski definition) is 2. The lowest BCUT2D eigenvalue weighted by molar-refractivity contribution is -0.118. The van der Waals surface area contributed by atoms with Crippen LogP contribution < -0.4 is 11.1 Å². The molecule has 4 N–H and O–H groups in total. The fraction of sp³-hybridized carbons (Fsp3) is 0.217. The van der Waals surface area contributed by atoms with E-state index in [-0.39, 0.29) is 18.9 Å². The van der Waals surface area contributed by atoms with Crippen LogP contribution in [0.15, 0.2) is 48.2 Å². The maximum absolute atomic E-state index is 12.2. The molecule has 0 aliphatic heterocycles. The van der Waals surface area contributed by atoms with Crippen molar-refractivity contribution in [2.45, 2.75) is 27.2 Å². The molecule has 0 spiro atoms. The molecule has 144 valence electrons. The third-order valence-electron chi connectivity index (χ3n) is 4.86. The van der Waals surface area contributed by atoms with Crippen LogP contribution in [0.1, 0.15) is 30.0 Å². The molecule has 0 fully saturated rings. The van der Waals surface area contributed by atoms with Gasteiger partial charge in [-0.2, -0.15) is 0 Å². The second-order valence-electron chi connectivity index (χ2n) is 7.10. The van der Waals surface area contributed by atoms with Crippen LogP contribution in [0.3, 0.4) is 0 Å². The van der Waals surface area contributed by atoms with Gasteiger partial charge >= 0.3 is 0 Å². The summed E-state index contributed by atoms with van der Waals surface area (Å²) in [6, 6.07) is 12.7. The van der Waals surface area contributed by atoms with Crippen molar-refractivity contribution in [2.24, 2.45) is 5.73 Å². The number of benzene rings is 2. The van der Waals surface area contributed by atoms with E-state index in [0.29, 0.717) is 5.57 Å². The van der Waals surface area contributed by atoms with E-state index in [1.807, 2.05) is 19.2 Å². The van der Waals surface area contributed by atoms with Crippen molar-refractivity contribution in [1.82, 2.24) is 10.3 Å². The molecule has 2 aromatic carbocycles. The van der Waals surface area contributed by atoms with Crippen molar-refractivity contribution in [1.29, 1.82) is 0 Å². The lowest BCUT2D eigenvalue weighted by Gasteiger charge is -2.12. The Morgan fingerprint density at radius 2 is 1.89 bits per heavy atom. The fourth-order valence-electron chi connectivity index (χ4n) is 3.26. The van der Waals surface area contributed by atoms with Crippen LogP contribution in [0.5, 0.6) is 0 Å². The molecule has 0 radical (unpaired) electrons. The quantitative estimate of drug-likeness (QED) is 0.572. The minimum atomic E-state index is -0.429. The Balaban J connectivity index is 1.85. The summed E-state index contributed by atoms with van der Waals surface area (Å²) in [5.74, 6) is -0.623. The standard InChI is InChI=1S/C23H25N3O2/c1-14-12-20(17-4-5-21-18(13-17)6-8-25-21)15(2)10-19(14)11-16(3)23(28)26-9-7-22(24)27/h4-6,8,10-13,25H,7,9H2,1-3H3,(H2,24,27)(H,26,28). The first-order valence-electron chi connectivity index (χ1n) is 9.28. The Bertz CT molecular complexity index is 1080. The molecule has 0 aliphatic carbocycles. The summed E-state index contributed by atoms with van der Waals surface area (Å²) in [5, 5.41) is 3.89. The van der Waals surface area contributed by atoms with E-state index in [1.54, 1.807) is 6.92 Å². The minimum absolute atomic E-state index is 0.136. The molecule has 3 aromatic rings. The molecular formula is C23H25N3O2. The molecule has 3 rings (SSSR count). The lowest BCUT2D eigenvalue weighted by Crippen LogP contribution is -2.28. The molecule has 1 aromatic heterocycles. The summed E-state index contributed by atoms with van der Waals surface area (Å²) in [6.45, 7) is 6.14. The van der Waals surface area contributed by atoms with Crippen molar-refractivity contribution in [3.8, 4) is 11.1 Å². The number of nitrogens with one attached hydrogen (secondary N) is 2. The average Bonchev–Trinajstić information content (AvgIpc) is 3.11. The Morgan fingerprint density at radius 1 is 1.11 bits per heavy atom. The van der Waals surface area contributed by atoms with Crippen molar-refractivity contribution < 1.29 is 9.59 Å². The smallest absolute Gasteiger partial charge is 0.246 e. The van der Waals surface area contributed by atoms with Crippen LogP contribution in [0.25, 0.3) is 28.1 Å². The van der Waals surface area contributed by atoms with Gasteiger partial charge in [-0.05, 0) is 78.2 Å². The Morgan fingerprint density at radius 3 is 2.64 bits per heavy atom. The number of carbonyl (C=O) groups is 2. The first kappa shape index (κ1) is 19.4. The Kier molecular flexibility index (Phi) is 5.64. The van der Waals surface area contributed by atoms with Gasteiger partial charge in [0, 0.05) is 30.3 Å². The summed E-state index contributed by atoms with van der Waals surface area (Å²) in [4.78, 5) is 26.2. The SMILES string of the molecule is CC(=Cc1cc(C)c(-c2ccc3[nH]ccc3c2)cc1C)C(=O)NCCC(N)=O. The first-order chi connectivity index (χ1) is 13.3. The number of amides is 2. The van der Waals surface area contributed by atoms with E-state index in [0.717, 1.165) is 22.2 Å². The van der Waals surface area contributed by atoms with E-state index in [9.17, 15) is 9.59 Å². The van der Waals surface area contributed by atoms with Gasteiger partial charge in [0.05, 0.1) is 0 Å². The van der Waals surface area contributed by atoms with E-state index in [4.69, 9.17) is 5.73 Å². The normalized spacial score (nSPS) is 11.6. The number of H-pyrrole nitrogens is 1. The van der Waals surface area contributed by atoms with Gasteiger partial charge in [0.2, 0.25) is 11.8 Å². The second kappa shape index (κ2) is 8.13. The molecule has 0 aliphatic rings. The number of nitrogens with two attached hydrogens (primary N) is 1. The molecular weight excluding hydrogens is 350 g/mol. The third kappa shape index (κ3) is 4.31. The summed E-state index contributed by atoms with van der Waals surface area (Å²) in [5.41, 5.74) is 12.4. The van der Waals surface area contributed by atoms with Crippen molar-refractivity contribution >= 4 is 28.8 Å². The number of hydrogen-bond donors (Lipinski definition) is 3. The van der Waals surface area contributed by atoms with Gasteiger partial charge in [-0.3, -0.25) is 9.59 Å². The minimum Gasteiger partial charge on any atom is -0.370 e. The maximum atomic E-state index is 12.2. The fourth-order valence-corrected chi connectivity index (χ4v) is 3.26. The highest BCUT2D eigenvalue weighted by molar-refractivity contribution is 5.97. The van der Waals surface area contributed by atoms with Crippen molar-refractivity contribution in [3.63, 3.8) is 0 Å². The van der Waals surface area contributed by atoms with Crippen LogP contribution >= 0.6 is 0 Å². The lowest BCUT2D eigenvalue weighted by atomic mass is 9.93. The summed E-state index contributed by atoms with van der Waals surface area (Å²) in [7, 11) is 0. The van der Waals surface area contributed by atoms with E-state index < -0.39 is 5.91 Å². The van der Waals surface area contributed by atoms with Gasteiger partial charge in [0.25, 0.3) is 0 Å². The van der Waals surface area contributed by atoms with Crippen LogP contribution in [0.4, 0.5) is 0 Å². The summed E-state index contributed by atoms with van der Waals surface area (Å²) < 4.78 is 0. The molecule has 0 bridgehead atoms. The largest absolute Gasteiger partial charge is 0.370 e. The molecule has 5 heteroatoms. The molecule has 0 unspecified atom stereocenters. The number of aryl methyl sites for hydroxylation is 2. The van der Waals surface area contributed by atoms with Gasteiger partial charge in [0.1, 0.15) is 0 Å². The zero-order chi connectivity index (χ0) is 20.3. The number of fused-ring (bicyclic) bond motifs is 1. The van der Waals surface area contributed by atoms with Gasteiger partial charge < -0.3 is 16.0 Å². The molecule has 2 amide bonds. The zero-order valence-corrected chi connectivity index (χ0v) is 16.4. The summed E-state index contributed by atoms with van der Waals surface area (Å²) in [6.07, 6.45) is 3.95. The van der Waals surface area contributed by atoms with Gasteiger partial charge in [-0.15, -0.1) is 0 Å². The topological polar surface area (TPSA) is 88.0 Å². The molecule has 28 heavy (non-hydrogen) atoms. The second-order valence-corrected chi connectivity index (χ2v) is 7.10. The molecule has 1 heterocycles. The Labute approximate surface area is 164 Å². The predicted molar refractivity (Wildman–Crippen MR) is 114 cm³/mol. The van der Waals surface area contributed by atoms with E-state index >= 15 is 0 Å². The monoisotopic (exact) mass is 375 g/mol. The third-order valence-corrected chi connectivity index (χ3v) is 4.86. The zero-order valence-electron chi connectivity index (χ0n) is 16.4. The van der Waals surface area contributed by atoms with E-state index in [1.165, 1.54) is 16.5 Å². The van der Waals surface area contributed by atoms with E-state index in [2.05, 4.69) is 53.6 Å². The number of aromatic nitrogens is 1. The van der Waals surface area contributed by atoms with Crippen LogP contribution in [-0.2, 0) is 9.59 Å². The molecule has 5 nitrogen and oxygen atoms in total. The van der Waals surface area contributed by atoms with Gasteiger partial charge in [-0.1, -0.05) is 18.2 Å². The number of carbonyl (C=O) groups excluding carboxylic acids is 2. The van der Waals surface area contributed by atoms with Gasteiger partial charge in [0.15, 0.2) is 0 Å². The maximum Gasteiger partial charge on any atom is 0.246 e. The number of primary amides is 1. The Hall–Kier alpha value is -3.34. The average molecular weight is 375 g/mol. The van der Waals surface area contributed by atoms with Crippen LogP contribution in [0, 0.1) is 13.8 Å². The molecule has 0 saturated carbocycles. The van der Waals surface area contributed by atoms with Crippen LogP contribution in [-0.4, -0.2) is 23.3 Å². The highest BCUT2D eigenvalue weighted by atomic mass is 16.2. The van der Waals surface area contributed by atoms with Crippen molar-refractivity contribution in [2.75, 3.05) is 6.54 Å². The van der Waals surface area contributed by atoms with Crippen LogP contribution in [0.2, 0.25) is 0 Å². The predicted octanol–water partition coefficient (Wildman–Crippen LogP) is 3.85. The highest BCUT2D eigenvalue weighted by Crippen LogP contribution is 2.29. The first-order valence-corrected chi connectivity index (χ1v) is 9.28. The highest BCUT2D eigenvalue weighted by Gasteiger charge is 2.09. The number of aromatic amines is 1. The number of rotatable bonds is 6.